The first kappa shape index (κ1) is 16.1. The maximum atomic E-state index is 12.1. The Bertz CT molecular complexity index is 456. The van der Waals surface area contributed by atoms with Gasteiger partial charge in [-0.3, -0.25) is 0 Å². The van der Waals surface area contributed by atoms with Gasteiger partial charge in [-0.05, 0) is 17.7 Å². The Labute approximate surface area is 120 Å². The van der Waals surface area contributed by atoms with Crippen LogP contribution in [-0.2, 0) is 11.3 Å². The zero-order chi connectivity index (χ0) is 15.3. The molecule has 4 nitrogen and oxygen atoms in total. The molecule has 0 saturated carbocycles. The first-order valence-corrected chi connectivity index (χ1v) is 6.60. The molecule has 0 amide bonds. The Balaban J connectivity index is 1.80. The molecule has 1 fully saturated rings. The minimum absolute atomic E-state index is 0.0503. The lowest BCUT2D eigenvalue weighted by Crippen LogP contribution is -2.52. The average molecular weight is 305 g/mol. The fraction of sp³-hybridized carbons (Fsp3) is 0.571. The second-order valence-electron chi connectivity index (χ2n) is 5.31. The summed E-state index contributed by atoms with van der Waals surface area (Å²) in [6, 6.07) is 6.51. The maximum Gasteiger partial charge on any atom is 0.422 e. The fourth-order valence-electron chi connectivity index (χ4n) is 2.02. The zero-order valence-electron chi connectivity index (χ0n) is 11.4. The predicted molar refractivity (Wildman–Crippen MR) is 70.0 cm³/mol. The molecule has 2 rings (SSSR count). The third-order valence-electron chi connectivity index (χ3n) is 3.28. The van der Waals surface area contributed by atoms with E-state index in [0.29, 0.717) is 26.3 Å². The number of aliphatic hydroxyl groups is 1. The molecule has 0 radical (unpaired) electrons. The van der Waals surface area contributed by atoms with Crippen molar-refractivity contribution in [1.82, 2.24) is 5.32 Å². The molecular formula is C14H18F3NO3. The van der Waals surface area contributed by atoms with Crippen molar-refractivity contribution in [2.45, 2.75) is 12.7 Å². The van der Waals surface area contributed by atoms with Crippen molar-refractivity contribution in [2.24, 2.45) is 5.41 Å². The summed E-state index contributed by atoms with van der Waals surface area (Å²) in [6.07, 6.45) is -4.34. The Hall–Kier alpha value is -1.31. The summed E-state index contributed by atoms with van der Waals surface area (Å²) in [5, 5.41) is 12.5. The van der Waals surface area contributed by atoms with E-state index in [1.54, 1.807) is 18.2 Å². The molecule has 7 heteroatoms. The lowest BCUT2D eigenvalue weighted by Gasteiger charge is -2.40. The van der Waals surface area contributed by atoms with Crippen LogP contribution >= 0.6 is 0 Å². The molecule has 0 atom stereocenters. The van der Waals surface area contributed by atoms with Crippen molar-refractivity contribution in [3.05, 3.63) is 29.8 Å². The Kier molecular flexibility index (Phi) is 5.08. The third kappa shape index (κ3) is 4.87. The van der Waals surface area contributed by atoms with Gasteiger partial charge in [-0.25, -0.2) is 0 Å². The van der Waals surface area contributed by atoms with E-state index in [2.05, 4.69) is 5.32 Å². The Morgan fingerprint density at radius 3 is 2.67 bits per heavy atom. The van der Waals surface area contributed by atoms with Gasteiger partial charge in [0.1, 0.15) is 5.75 Å². The topological polar surface area (TPSA) is 50.7 Å². The SMILES string of the molecule is OCC1(CNCc2cccc(OCC(F)(F)F)c2)COC1. The van der Waals surface area contributed by atoms with E-state index in [1.165, 1.54) is 6.07 Å². The molecule has 1 aliphatic heterocycles. The maximum absolute atomic E-state index is 12.1. The highest BCUT2D eigenvalue weighted by Crippen LogP contribution is 2.25. The minimum Gasteiger partial charge on any atom is -0.484 e. The van der Waals surface area contributed by atoms with Crippen molar-refractivity contribution in [3.8, 4) is 5.75 Å². The normalized spacial score (nSPS) is 17.3. The summed E-state index contributed by atoms with van der Waals surface area (Å²) in [4.78, 5) is 0. The molecule has 2 N–H and O–H groups in total. The highest BCUT2D eigenvalue weighted by atomic mass is 19.4. The number of hydrogen-bond acceptors (Lipinski definition) is 4. The van der Waals surface area contributed by atoms with Gasteiger partial charge >= 0.3 is 6.18 Å². The Morgan fingerprint density at radius 1 is 1.33 bits per heavy atom. The molecule has 0 aliphatic carbocycles. The molecule has 0 aromatic heterocycles. The summed E-state index contributed by atoms with van der Waals surface area (Å²) in [7, 11) is 0. The molecule has 1 heterocycles. The summed E-state index contributed by atoms with van der Waals surface area (Å²) in [6.45, 7) is 0.877. The molecule has 1 saturated heterocycles. The molecule has 0 bridgehead atoms. The minimum atomic E-state index is -4.34. The fourth-order valence-corrected chi connectivity index (χ4v) is 2.02. The van der Waals surface area contributed by atoms with Crippen LogP contribution in [0.25, 0.3) is 0 Å². The highest BCUT2D eigenvalue weighted by Gasteiger charge is 2.37. The van der Waals surface area contributed by atoms with Gasteiger partial charge in [0, 0.05) is 13.1 Å². The highest BCUT2D eigenvalue weighted by molar-refractivity contribution is 5.28. The number of hydrogen-bond donors (Lipinski definition) is 2. The second kappa shape index (κ2) is 6.64. The van der Waals surface area contributed by atoms with E-state index in [-0.39, 0.29) is 17.8 Å². The first-order chi connectivity index (χ1) is 9.92. The van der Waals surface area contributed by atoms with Crippen LogP contribution in [0.15, 0.2) is 24.3 Å². The molecule has 0 spiro atoms. The van der Waals surface area contributed by atoms with Crippen molar-refractivity contribution < 1.29 is 27.8 Å². The van der Waals surface area contributed by atoms with Crippen molar-refractivity contribution in [3.63, 3.8) is 0 Å². The van der Waals surface area contributed by atoms with E-state index in [4.69, 9.17) is 9.47 Å². The standard InChI is InChI=1S/C14H18F3NO3/c15-14(16,17)10-21-12-3-1-2-11(4-12)5-18-6-13(7-19)8-20-9-13/h1-4,18-19H,5-10H2. The number of aliphatic hydroxyl groups excluding tert-OH is 1. The molecule has 1 aromatic carbocycles. The van der Waals surface area contributed by atoms with Crippen molar-refractivity contribution in [1.29, 1.82) is 0 Å². The van der Waals surface area contributed by atoms with Crippen LogP contribution < -0.4 is 10.1 Å². The largest absolute Gasteiger partial charge is 0.484 e. The van der Waals surface area contributed by atoms with Gasteiger partial charge in [0.2, 0.25) is 0 Å². The number of ether oxygens (including phenoxy) is 2. The molecule has 118 valence electrons. The number of halogens is 3. The van der Waals surface area contributed by atoms with Gasteiger partial charge in [-0.15, -0.1) is 0 Å². The predicted octanol–water partition coefficient (Wildman–Crippen LogP) is 1.73. The van der Waals surface area contributed by atoms with Gasteiger partial charge in [-0.1, -0.05) is 12.1 Å². The lowest BCUT2D eigenvalue weighted by atomic mass is 9.87. The molecule has 0 unspecified atom stereocenters. The van der Waals surface area contributed by atoms with Crippen LogP contribution in [0.4, 0.5) is 13.2 Å². The van der Waals surface area contributed by atoms with Crippen LogP contribution in [0.1, 0.15) is 5.56 Å². The third-order valence-corrected chi connectivity index (χ3v) is 3.28. The van der Waals surface area contributed by atoms with Crippen LogP contribution in [0.2, 0.25) is 0 Å². The van der Waals surface area contributed by atoms with E-state index < -0.39 is 12.8 Å². The molecule has 21 heavy (non-hydrogen) atoms. The van der Waals surface area contributed by atoms with E-state index in [0.717, 1.165) is 5.56 Å². The summed E-state index contributed by atoms with van der Waals surface area (Å²) in [5.41, 5.74) is 0.590. The van der Waals surface area contributed by atoms with Gasteiger partial charge in [0.05, 0.1) is 25.2 Å². The number of alkyl halides is 3. The monoisotopic (exact) mass is 305 g/mol. The first-order valence-electron chi connectivity index (χ1n) is 6.60. The lowest BCUT2D eigenvalue weighted by molar-refractivity contribution is -0.153. The van der Waals surface area contributed by atoms with E-state index >= 15 is 0 Å². The molecular weight excluding hydrogens is 287 g/mol. The van der Waals surface area contributed by atoms with Crippen molar-refractivity contribution >= 4 is 0 Å². The Morgan fingerprint density at radius 2 is 2.10 bits per heavy atom. The molecule has 1 aliphatic rings. The summed E-state index contributed by atoms with van der Waals surface area (Å²) < 4.78 is 46.0. The van der Waals surface area contributed by atoms with Crippen LogP contribution in [0, 0.1) is 5.41 Å². The van der Waals surface area contributed by atoms with Gasteiger partial charge in [-0.2, -0.15) is 13.2 Å². The number of benzene rings is 1. The number of nitrogens with one attached hydrogen (secondary N) is 1. The average Bonchev–Trinajstić information content (AvgIpc) is 2.39. The summed E-state index contributed by atoms with van der Waals surface area (Å²) in [5.74, 6) is 0.190. The smallest absolute Gasteiger partial charge is 0.422 e. The summed E-state index contributed by atoms with van der Waals surface area (Å²) >= 11 is 0. The quantitative estimate of drug-likeness (QED) is 0.805. The molecule has 1 aromatic rings. The van der Waals surface area contributed by atoms with Crippen molar-refractivity contribution in [2.75, 3.05) is 33.0 Å². The van der Waals surface area contributed by atoms with Crippen LogP contribution in [0.5, 0.6) is 5.75 Å². The second-order valence-corrected chi connectivity index (χ2v) is 5.31. The van der Waals surface area contributed by atoms with Crippen LogP contribution in [-0.4, -0.2) is 44.3 Å². The number of rotatable bonds is 7. The van der Waals surface area contributed by atoms with Gasteiger partial charge < -0.3 is 19.9 Å². The van der Waals surface area contributed by atoms with Crippen LogP contribution in [0.3, 0.4) is 0 Å². The zero-order valence-corrected chi connectivity index (χ0v) is 11.4. The van der Waals surface area contributed by atoms with Gasteiger partial charge in [0.25, 0.3) is 0 Å². The van der Waals surface area contributed by atoms with Gasteiger partial charge in [0.15, 0.2) is 6.61 Å². The van der Waals surface area contributed by atoms with E-state index in [9.17, 15) is 18.3 Å². The van der Waals surface area contributed by atoms with E-state index in [1.807, 2.05) is 0 Å².